The fourth-order valence-corrected chi connectivity index (χ4v) is 3.37. The zero-order valence-electron chi connectivity index (χ0n) is 17.7. The van der Waals surface area contributed by atoms with Crippen LogP contribution in [0.1, 0.15) is 25.8 Å². The molecule has 2 rings (SSSR count). The molecule has 0 spiro atoms. The third kappa shape index (κ3) is 7.82. The molecule has 0 bridgehead atoms. The van der Waals surface area contributed by atoms with E-state index in [2.05, 4.69) is 5.32 Å². The van der Waals surface area contributed by atoms with Gasteiger partial charge in [0, 0.05) is 28.1 Å². The maximum atomic E-state index is 12.0. The largest absolute Gasteiger partial charge is 0.474 e. The van der Waals surface area contributed by atoms with E-state index in [0.29, 0.717) is 10.0 Å². The molecule has 1 amide bonds. The topological polar surface area (TPSA) is 113 Å². The zero-order valence-corrected chi connectivity index (χ0v) is 19.2. The number of benzene rings is 2. The van der Waals surface area contributed by atoms with E-state index in [1.807, 2.05) is 26.0 Å². The third-order valence-corrected chi connectivity index (χ3v) is 5.11. The van der Waals surface area contributed by atoms with E-state index in [9.17, 15) is 19.5 Å². The van der Waals surface area contributed by atoms with Crippen molar-refractivity contribution in [1.29, 1.82) is 0 Å². The Labute approximate surface area is 196 Å². The fraction of sp³-hybridized carbons (Fsp3) is 0.348. The molecule has 7 nitrogen and oxygen atoms in total. The van der Waals surface area contributed by atoms with Crippen LogP contribution < -0.4 is 5.32 Å². The first-order valence-electron chi connectivity index (χ1n) is 9.99. The van der Waals surface area contributed by atoms with E-state index in [1.54, 1.807) is 30.3 Å². The lowest BCUT2D eigenvalue weighted by Crippen LogP contribution is -2.43. The molecule has 3 N–H and O–H groups in total. The zero-order chi connectivity index (χ0) is 23.8. The molecule has 172 valence electrons. The van der Waals surface area contributed by atoms with E-state index in [-0.39, 0.29) is 25.4 Å². The standard InChI is InChI=1S/C23H25Cl2NO6/c1-13(2)12-32-23(31)20(27)11-17(26-21(28)22(29)30)9-14-3-5-15(6-4-14)18-10-16(24)7-8-19(18)25/h3-8,10,13,17,20,27H,9,11-12H2,1-2H3,(H,26,28)(H,29,30)/t17-,20-/m1/s1. The van der Waals surface area contributed by atoms with Crippen molar-refractivity contribution < 1.29 is 29.3 Å². The molecule has 2 aromatic carbocycles. The van der Waals surface area contributed by atoms with Gasteiger partial charge in [-0.25, -0.2) is 9.59 Å². The van der Waals surface area contributed by atoms with E-state index >= 15 is 0 Å². The second-order valence-electron chi connectivity index (χ2n) is 7.78. The number of nitrogens with one attached hydrogen (secondary N) is 1. The molecular weight excluding hydrogens is 457 g/mol. The fourth-order valence-electron chi connectivity index (χ4n) is 2.97. The Kier molecular flexibility index (Phi) is 9.50. The van der Waals surface area contributed by atoms with E-state index in [0.717, 1.165) is 16.7 Å². The first-order chi connectivity index (χ1) is 15.1. The van der Waals surface area contributed by atoms with Crippen LogP contribution in [0.25, 0.3) is 11.1 Å². The maximum Gasteiger partial charge on any atom is 0.394 e. The molecule has 0 aliphatic carbocycles. The average molecular weight is 482 g/mol. The van der Waals surface area contributed by atoms with Crippen molar-refractivity contribution in [3.63, 3.8) is 0 Å². The lowest BCUT2D eigenvalue weighted by molar-refractivity contribution is -0.155. The van der Waals surface area contributed by atoms with E-state index in [4.69, 9.17) is 33.0 Å². The van der Waals surface area contributed by atoms with Gasteiger partial charge >= 0.3 is 17.8 Å². The molecule has 2 atom stereocenters. The van der Waals surface area contributed by atoms with Gasteiger partial charge in [-0.2, -0.15) is 0 Å². The Morgan fingerprint density at radius 2 is 1.72 bits per heavy atom. The van der Waals surface area contributed by atoms with Crippen LogP contribution in [0.5, 0.6) is 0 Å². The number of rotatable bonds is 9. The number of esters is 1. The van der Waals surface area contributed by atoms with Gasteiger partial charge in [0.05, 0.1) is 6.61 Å². The van der Waals surface area contributed by atoms with E-state index < -0.39 is 30.0 Å². The summed E-state index contributed by atoms with van der Waals surface area (Å²) in [6.45, 7) is 3.86. The van der Waals surface area contributed by atoms with Gasteiger partial charge in [-0.3, -0.25) is 4.79 Å². The molecule has 0 fully saturated rings. The number of ether oxygens (including phenoxy) is 1. The summed E-state index contributed by atoms with van der Waals surface area (Å²) in [4.78, 5) is 34.6. The summed E-state index contributed by atoms with van der Waals surface area (Å²) in [5, 5.41) is 22.5. The molecule has 0 aromatic heterocycles. The Balaban J connectivity index is 2.14. The number of aliphatic hydroxyl groups is 1. The van der Waals surface area contributed by atoms with Crippen LogP contribution in [0.3, 0.4) is 0 Å². The SMILES string of the molecule is CC(C)COC(=O)[C@H](O)C[C@@H](Cc1ccc(-c2cc(Cl)ccc2Cl)cc1)NC(=O)C(=O)O. The molecule has 0 saturated heterocycles. The van der Waals surface area contributed by atoms with Crippen molar-refractivity contribution in [2.45, 2.75) is 38.8 Å². The van der Waals surface area contributed by atoms with Crippen LogP contribution >= 0.6 is 23.2 Å². The highest BCUT2D eigenvalue weighted by Crippen LogP contribution is 2.30. The van der Waals surface area contributed by atoms with Gasteiger partial charge in [-0.15, -0.1) is 0 Å². The average Bonchev–Trinajstić information content (AvgIpc) is 2.74. The Morgan fingerprint density at radius 3 is 2.31 bits per heavy atom. The number of hydrogen-bond acceptors (Lipinski definition) is 5. The van der Waals surface area contributed by atoms with Crippen molar-refractivity contribution >= 4 is 41.0 Å². The first kappa shape index (κ1) is 25.6. The van der Waals surface area contributed by atoms with Crippen molar-refractivity contribution in [1.82, 2.24) is 5.32 Å². The number of aliphatic carboxylic acids is 1. The summed E-state index contributed by atoms with van der Waals surface area (Å²) in [6.07, 6.45) is -1.51. The number of carbonyl (C=O) groups is 3. The molecule has 0 heterocycles. The molecule has 9 heteroatoms. The van der Waals surface area contributed by atoms with Crippen LogP contribution in [0, 0.1) is 5.92 Å². The van der Waals surface area contributed by atoms with Gasteiger partial charge in [-0.05, 0) is 41.7 Å². The molecule has 0 aliphatic rings. The van der Waals surface area contributed by atoms with Crippen LogP contribution in [-0.4, -0.2) is 46.8 Å². The predicted octanol–water partition coefficient (Wildman–Crippen LogP) is 3.72. The molecule has 2 aromatic rings. The number of halogens is 2. The summed E-state index contributed by atoms with van der Waals surface area (Å²) in [6, 6.07) is 11.5. The molecule has 0 unspecified atom stereocenters. The number of amides is 1. The summed E-state index contributed by atoms with van der Waals surface area (Å²) in [5.41, 5.74) is 2.33. The van der Waals surface area contributed by atoms with Crippen molar-refractivity contribution in [2.75, 3.05) is 6.61 Å². The second-order valence-corrected chi connectivity index (χ2v) is 8.62. The molecule has 0 saturated carbocycles. The van der Waals surface area contributed by atoms with Gasteiger partial charge in [0.25, 0.3) is 0 Å². The second kappa shape index (κ2) is 11.9. The minimum atomic E-state index is -1.65. The monoisotopic (exact) mass is 481 g/mol. The van der Waals surface area contributed by atoms with Crippen LogP contribution in [0.2, 0.25) is 10.0 Å². The first-order valence-corrected chi connectivity index (χ1v) is 10.7. The van der Waals surface area contributed by atoms with Gasteiger partial charge in [0.1, 0.15) is 0 Å². The maximum absolute atomic E-state index is 12.0. The molecule has 32 heavy (non-hydrogen) atoms. The predicted molar refractivity (Wildman–Crippen MR) is 122 cm³/mol. The summed E-state index contributed by atoms with van der Waals surface area (Å²) < 4.78 is 5.01. The van der Waals surface area contributed by atoms with Crippen LogP contribution in [0.4, 0.5) is 0 Å². The number of carbonyl (C=O) groups excluding carboxylic acids is 2. The highest BCUT2D eigenvalue weighted by atomic mass is 35.5. The van der Waals surface area contributed by atoms with Crippen molar-refractivity contribution in [3.8, 4) is 11.1 Å². The Bertz CT molecular complexity index is 961. The lowest BCUT2D eigenvalue weighted by Gasteiger charge is -2.21. The van der Waals surface area contributed by atoms with Gasteiger partial charge in [0.15, 0.2) is 6.10 Å². The van der Waals surface area contributed by atoms with Gasteiger partial charge in [-0.1, -0.05) is 61.3 Å². The minimum Gasteiger partial charge on any atom is -0.474 e. The number of hydrogen-bond donors (Lipinski definition) is 3. The molecular formula is C23H25Cl2NO6. The minimum absolute atomic E-state index is 0.0974. The molecule has 0 radical (unpaired) electrons. The van der Waals surface area contributed by atoms with Crippen LogP contribution in [-0.2, 0) is 25.5 Å². The van der Waals surface area contributed by atoms with Crippen molar-refractivity contribution in [3.05, 3.63) is 58.1 Å². The van der Waals surface area contributed by atoms with Gasteiger partial charge < -0.3 is 20.3 Å². The summed E-state index contributed by atoms with van der Waals surface area (Å²) in [7, 11) is 0. The lowest BCUT2D eigenvalue weighted by atomic mass is 9.97. The Hall–Kier alpha value is -2.61. The van der Waals surface area contributed by atoms with Crippen LogP contribution in [0.15, 0.2) is 42.5 Å². The summed E-state index contributed by atoms with van der Waals surface area (Å²) >= 11 is 12.3. The van der Waals surface area contributed by atoms with E-state index in [1.165, 1.54) is 0 Å². The number of carboxylic acid groups (broad SMARTS) is 1. The number of aliphatic hydroxyl groups excluding tert-OH is 1. The third-order valence-electron chi connectivity index (χ3n) is 4.54. The highest BCUT2D eigenvalue weighted by Gasteiger charge is 2.25. The molecule has 0 aliphatic heterocycles. The summed E-state index contributed by atoms with van der Waals surface area (Å²) in [5.74, 6) is -3.60. The smallest absolute Gasteiger partial charge is 0.394 e. The normalized spacial score (nSPS) is 12.8. The number of carboxylic acids is 1. The highest BCUT2D eigenvalue weighted by molar-refractivity contribution is 6.35. The quantitative estimate of drug-likeness (QED) is 0.371. The van der Waals surface area contributed by atoms with Gasteiger partial charge in [0.2, 0.25) is 0 Å². The van der Waals surface area contributed by atoms with Crippen molar-refractivity contribution in [2.24, 2.45) is 5.92 Å². The Morgan fingerprint density at radius 1 is 1.06 bits per heavy atom.